The summed E-state index contributed by atoms with van der Waals surface area (Å²) in [7, 11) is 1.79. The van der Waals surface area contributed by atoms with E-state index in [-0.39, 0.29) is 17.7 Å². The Kier molecular flexibility index (Phi) is 5.52. The molecule has 22 heavy (non-hydrogen) atoms. The van der Waals surface area contributed by atoms with Gasteiger partial charge in [-0.1, -0.05) is 18.9 Å². The molecule has 1 fully saturated rings. The van der Waals surface area contributed by atoms with E-state index in [9.17, 15) is 9.59 Å². The van der Waals surface area contributed by atoms with Crippen molar-refractivity contribution in [2.24, 2.45) is 5.41 Å². The van der Waals surface area contributed by atoms with Crippen LogP contribution in [0.4, 0.5) is 0 Å². The van der Waals surface area contributed by atoms with Gasteiger partial charge < -0.3 is 10.0 Å². The van der Waals surface area contributed by atoms with E-state index in [1.807, 2.05) is 18.2 Å². The number of hydrogen-bond donors (Lipinski definition) is 1. The first kappa shape index (κ1) is 16.5. The van der Waals surface area contributed by atoms with Gasteiger partial charge in [0, 0.05) is 38.3 Å². The third kappa shape index (κ3) is 4.55. The average molecular weight is 304 g/mol. The van der Waals surface area contributed by atoms with Gasteiger partial charge in [-0.05, 0) is 30.4 Å². The van der Waals surface area contributed by atoms with Crippen LogP contribution >= 0.6 is 0 Å². The molecule has 0 unspecified atom stereocenters. The minimum atomic E-state index is -0.800. The summed E-state index contributed by atoms with van der Waals surface area (Å²) in [5.41, 5.74) is 0.630. The number of carbonyl (C=O) groups is 2. The lowest BCUT2D eigenvalue weighted by Gasteiger charge is -2.29. The van der Waals surface area contributed by atoms with E-state index >= 15 is 0 Å². The van der Waals surface area contributed by atoms with E-state index in [0.717, 1.165) is 37.8 Å². The number of nitrogens with zero attached hydrogens (tertiary/aromatic N) is 2. The second-order valence-electron chi connectivity index (χ2n) is 6.34. The molecule has 0 aromatic carbocycles. The van der Waals surface area contributed by atoms with E-state index < -0.39 is 5.97 Å². The predicted octanol–water partition coefficient (Wildman–Crippen LogP) is 2.51. The largest absolute Gasteiger partial charge is 0.481 e. The van der Waals surface area contributed by atoms with Crippen molar-refractivity contribution in [2.45, 2.75) is 44.9 Å². The number of hydrogen-bond acceptors (Lipinski definition) is 3. The molecule has 2 rings (SSSR count). The van der Waals surface area contributed by atoms with Crippen molar-refractivity contribution in [2.75, 3.05) is 13.6 Å². The fourth-order valence-corrected chi connectivity index (χ4v) is 3.27. The minimum Gasteiger partial charge on any atom is -0.481 e. The van der Waals surface area contributed by atoms with Crippen LogP contribution in [0.1, 0.15) is 44.2 Å². The van der Waals surface area contributed by atoms with Crippen LogP contribution in [-0.2, 0) is 16.0 Å². The highest BCUT2D eigenvalue weighted by molar-refractivity contribution is 5.78. The maximum absolute atomic E-state index is 12.4. The highest BCUT2D eigenvalue weighted by Gasteiger charge is 2.38. The van der Waals surface area contributed by atoms with Crippen LogP contribution in [0.3, 0.4) is 0 Å². The highest BCUT2D eigenvalue weighted by Crippen LogP contribution is 2.44. The monoisotopic (exact) mass is 304 g/mol. The van der Waals surface area contributed by atoms with Gasteiger partial charge in [0.15, 0.2) is 0 Å². The van der Waals surface area contributed by atoms with Gasteiger partial charge in [0.25, 0.3) is 0 Å². The van der Waals surface area contributed by atoms with Crippen LogP contribution in [-0.4, -0.2) is 40.5 Å². The Morgan fingerprint density at radius 1 is 1.27 bits per heavy atom. The van der Waals surface area contributed by atoms with Gasteiger partial charge in [-0.15, -0.1) is 0 Å². The van der Waals surface area contributed by atoms with Gasteiger partial charge in [0.05, 0.1) is 6.42 Å². The lowest BCUT2D eigenvalue weighted by Crippen LogP contribution is -2.34. The zero-order valence-corrected chi connectivity index (χ0v) is 13.1. The van der Waals surface area contributed by atoms with Crippen LogP contribution in [0.5, 0.6) is 0 Å². The van der Waals surface area contributed by atoms with Crippen LogP contribution in [0, 0.1) is 5.41 Å². The SMILES string of the molecule is CN(CCc1ccccn1)C(=O)CC1(CC(=O)O)CCCC1. The smallest absolute Gasteiger partial charge is 0.303 e. The average Bonchev–Trinajstić information content (AvgIpc) is 2.93. The van der Waals surface area contributed by atoms with Gasteiger partial charge in [0.2, 0.25) is 5.91 Å². The second kappa shape index (κ2) is 7.38. The molecule has 0 radical (unpaired) electrons. The molecule has 5 heteroatoms. The van der Waals surface area contributed by atoms with Crippen molar-refractivity contribution in [3.05, 3.63) is 30.1 Å². The number of aliphatic carboxylic acids is 1. The molecule has 1 amide bonds. The van der Waals surface area contributed by atoms with Crippen LogP contribution < -0.4 is 0 Å². The summed E-state index contributed by atoms with van der Waals surface area (Å²) in [6.07, 6.45) is 6.66. The number of carboxylic acid groups (broad SMARTS) is 1. The zero-order chi connectivity index (χ0) is 16.0. The number of amides is 1. The molecule has 1 aromatic heterocycles. The molecule has 0 bridgehead atoms. The summed E-state index contributed by atoms with van der Waals surface area (Å²) in [4.78, 5) is 29.5. The summed E-state index contributed by atoms with van der Waals surface area (Å²) in [5.74, 6) is -0.759. The number of carbonyl (C=O) groups excluding carboxylic acids is 1. The number of carboxylic acids is 1. The van der Waals surface area contributed by atoms with E-state index in [1.54, 1.807) is 18.1 Å². The summed E-state index contributed by atoms with van der Waals surface area (Å²) < 4.78 is 0. The molecule has 1 saturated carbocycles. The van der Waals surface area contributed by atoms with Crippen molar-refractivity contribution < 1.29 is 14.7 Å². The molecule has 1 N–H and O–H groups in total. The molecule has 1 aliphatic rings. The molecule has 1 aliphatic carbocycles. The maximum atomic E-state index is 12.4. The molecular formula is C17H24N2O3. The quantitative estimate of drug-likeness (QED) is 0.840. The zero-order valence-electron chi connectivity index (χ0n) is 13.1. The van der Waals surface area contributed by atoms with E-state index in [4.69, 9.17) is 5.11 Å². The van der Waals surface area contributed by atoms with Crippen molar-refractivity contribution in [3.8, 4) is 0 Å². The van der Waals surface area contributed by atoms with Crippen molar-refractivity contribution in [3.63, 3.8) is 0 Å². The van der Waals surface area contributed by atoms with Crippen molar-refractivity contribution in [1.29, 1.82) is 0 Å². The molecule has 0 spiro atoms. The normalized spacial score (nSPS) is 16.4. The second-order valence-corrected chi connectivity index (χ2v) is 6.34. The number of aromatic nitrogens is 1. The molecule has 1 heterocycles. The van der Waals surface area contributed by atoms with Gasteiger partial charge in [-0.25, -0.2) is 0 Å². The number of likely N-dealkylation sites (N-methyl/N-ethyl adjacent to an activating group) is 1. The van der Waals surface area contributed by atoms with Gasteiger partial charge in [-0.2, -0.15) is 0 Å². The Labute approximate surface area is 131 Å². The third-order valence-corrected chi connectivity index (χ3v) is 4.57. The van der Waals surface area contributed by atoms with E-state index in [0.29, 0.717) is 13.0 Å². The fraction of sp³-hybridized carbons (Fsp3) is 0.588. The molecule has 5 nitrogen and oxygen atoms in total. The summed E-state index contributed by atoms with van der Waals surface area (Å²) in [5, 5.41) is 9.11. The number of rotatable bonds is 7. The number of pyridine rings is 1. The molecule has 120 valence electrons. The molecule has 1 aromatic rings. The van der Waals surface area contributed by atoms with Gasteiger partial charge in [0.1, 0.15) is 0 Å². The molecule has 0 atom stereocenters. The standard InChI is InChI=1S/C17H24N2O3/c1-19(11-7-14-6-2-5-10-18-14)15(20)12-17(13-16(21)22)8-3-4-9-17/h2,5-6,10H,3-4,7-9,11-13H2,1H3,(H,21,22). The predicted molar refractivity (Wildman–Crippen MR) is 83.3 cm³/mol. The Morgan fingerprint density at radius 3 is 2.59 bits per heavy atom. The molecular weight excluding hydrogens is 280 g/mol. The topological polar surface area (TPSA) is 70.5 Å². The summed E-state index contributed by atoms with van der Waals surface area (Å²) in [6, 6.07) is 5.75. The third-order valence-electron chi connectivity index (χ3n) is 4.57. The Bertz CT molecular complexity index is 510. The van der Waals surface area contributed by atoms with Gasteiger partial charge in [-0.3, -0.25) is 14.6 Å². The van der Waals surface area contributed by atoms with E-state index in [2.05, 4.69) is 4.98 Å². The minimum absolute atomic E-state index is 0.0408. The van der Waals surface area contributed by atoms with Crippen LogP contribution in [0.2, 0.25) is 0 Å². The Hall–Kier alpha value is -1.91. The lowest BCUT2D eigenvalue weighted by molar-refractivity contribution is -0.141. The van der Waals surface area contributed by atoms with Gasteiger partial charge >= 0.3 is 5.97 Å². The summed E-state index contributed by atoms with van der Waals surface area (Å²) >= 11 is 0. The lowest BCUT2D eigenvalue weighted by atomic mass is 9.79. The van der Waals surface area contributed by atoms with E-state index in [1.165, 1.54) is 0 Å². The Balaban J connectivity index is 1.88. The first-order valence-corrected chi connectivity index (χ1v) is 7.86. The highest BCUT2D eigenvalue weighted by atomic mass is 16.4. The first-order chi connectivity index (χ1) is 10.5. The molecule has 0 aliphatic heterocycles. The van der Waals surface area contributed by atoms with Crippen LogP contribution in [0.25, 0.3) is 0 Å². The Morgan fingerprint density at radius 2 is 2.00 bits per heavy atom. The molecule has 0 saturated heterocycles. The van der Waals surface area contributed by atoms with Crippen LogP contribution in [0.15, 0.2) is 24.4 Å². The van der Waals surface area contributed by atoms with Crippen molar-refractivity contribution in [1.82, 2.24) is 9.88 Å². The maximum Gasteiger partial charge on any atom is 0.303 e. The first-order valence-electron chi connectivity index (χ1n) is 7.86. The van der Waals surface area contributed by atoms with Crippen molar-refractivity contribution >= 4 is 11.9 Å². The summed E-state index contributed by atoms with van der Waals surface area (Å²) in [6.45, 7) is 0.610. The fourth-order valence-electron chi connectivity index (χ4n) is 3.27.